The maximum absolute atomic E-state index is 14.0. The molecule has 0 aliphatic rings. The number of nitrogens with zero attached hydrogens (tertiary/aromatic N) is 7. The van der Waals surface area contributed by atoms with Gasteiger partial charge < -0.3 is 14.2 Å². The van der Waals surface area contributed by atoms with Gasteiger partial charge in [0.2, 0.25) is 21.5 Å². The molecule has 0 radical (unpaired) electrons. The van der Waals surface area contributed by atoms with Crippen LogP contribution in [-0.2, 0) is 14.8 Å². The highest BCUT2D eigenvalue weighted by atomic mass is 32.2. The molecule has 0 saturated heterocycles. The number of sulfonamides is 1. The van der Waals surface area contributed by atoms with Crippen LogP contribution in [0.4, 0.5) is 5.95 Å². The standard InChI is InChI=1S/C28H34N8O7S/c1-17-11-20(15-29-12-17)26-32-33-27(35(26)23-21(41-6)9-8-10-22(23)42-7)34-44(39,40)19(3)24(25-30-13-18(2)14-31-25)43-16-28(4,5)36(37)38/h8-15,19,24H,16H2,1-7H3,(H,33,34)/t19-,24+/m1/s1. The first-order valence-electron chi connectivity index (χ1n) is 13.4. The first kappa shape index (κ1) is 32.2. The summed E-state index contributed by atoms with van der Waals surface area (Å²) in [4.78, 5) is 23.8. The third kappa shape index (κ3) is 6.75. The number of pyridine rings is 1. The van der Waals surface area contributed by atoms with Gasteiger partial charge in [-0.15, -0.1) is 10.2 Å². The van der Waals surface area contributed by atoms with Crippen molar-refractivity contribution < 1.29 is 27.6 Å². The molecule has 3 heterocycles. The van der Waals surface area contributed by atoms with E-state index in [0.29, 0.717) is 22.7 Å². The monoisotopic (exact) mass is 626 g/mol. The molecule has 0 spiro atoms. The zero-order chi connectivity index (χ0) is 32.2. The van der Waals surface area contributed by atoms with Crippen molar-refractivity contribution in [3.63, 3.8) is 0 Å². The fourth-order valence-electron chi connectivity index (χ4n) is 4.18. The molecular formula is C28H34N8O7S. The molecule has 234 valence electrons. The van der Waals surface area contributed by atoms with E-state index in [0.717, 1.165) is 11.1 Å². The number of aryl methyl sites for hydroxylation is 2. The van der Waals surface area contributed by atoms with Gasteiger partial charge in [-0.2, -0.15) is 0 Å². The lowest BCUT2D eigenvalue weighted by molar-refractivity contribution is -0.565. The summed E-state index contributed by atoms with van der Waals surface area (Å²) in [5.41, 5.74) is 0.975. The summed E-state index contributed by atoms with van der Waals surface area (Å²) in [6, 6.07) is 6.92. The van der Waals surface area contributed by atoms with Gasteiger partial charge in [-0.1, -0.05) is 6.07 Å². The third-order valence-electron chi connectivity index (χ3n) is 6.74. The lowest BCUT2D eigenvalue weighted by atomic mass is 10.1. The number of aromatic nitrogens is 6. The predicted octanol–water partition coefficient (Wildman–Crippen LogP) is 3.70. The van der Waals surface area contributed by atoms with Gasteiger partial charge in [0, 0.05) is 49.1 Å². The quantitative estimate of drug-likeness (QED) is 0.168. The first-order chi connectivity index (χ1) is 20.8. The molecule has 1 N–H and O–H groups in total. The van der Waals surface area contributed by atoms with Crippen LogP contribution in [0.5, 0.6) is 11.5 Å². The van der Waals surface area contributed by atoms with Crippen molar-refractivity contribution in [3.05, 3.63) is 76.1 Å². The van der Waals surface area contributed by atoms with Crippen LogP contribution in [0.2, 0.25) is 0 Å². The molecule has 0 bridgehead atoms. The zero-order valence-corrected chi connectivity index (χ0v) is 26.2. The molecule has 1 aromatic carbocycles. The number of hydrogen-bond acceptors (Lipinski definition) is 12. The first-order valence-corrected chi connectivity index (χ1v) is 15.0. The van der Waals surface area contributed by atoms with Crippen molar-refractivity contribution in [3.8, 4) is 28.6 Å². The van der Waals surface area contributed by atoms with Crippen LogP contribution in [-0.4, -0.2) is 74.7 Å². The average Bonchev–Trinajstić information content (AvgIpc) is 3.39. The molecule has 0 aliphatic carbocycles. The highest BCUT2D eigenvalue weighted by molar-refractivity contribution is 7.93. The van der Waals surface area contributed by atoms with Gasteiger partial charge in [0.1, 0.15) is 35.1 Å². The van der Waals surface area contributed by atoms with Gasteiger partial charge in [-0.05, 0) is 50.1 Å². The second kappa shape index (κ2) is 12.9. The van der Waals surface area contributed by atoms with E-state index in [2.05, 4.69) is 29.9 Å². The van der Waals surface area contributed by atoms with Crippen LogP contribution in [0, 0.1) is 24.0 Å². The molecule has 15 nitrogen and oxygen atoms in total. The minimum atomic E-state index is -4.35. The van der Waals surface area contributed by atoms with Crippen LogP contribution in [0.3, 0.4) is 0 Å². The van der Waals surface area contributed by atoms with E-state index in [1.54, 1.807) is 37.5 Å². The molecule has 0 amide bonds. The van der Waals surface area contributed by atoms with Gasteiger partial charge in [-0.3, -0.25) is 24.4 Å². The lowest BCUT2D eigenvalue weighted by Crippen LogP contribution is -2.40. The van der Waals surface area contributed by atoms with Crippen LogP contribution in [0.25, 0.3) is 17.1 Å². The molecule has 0 saturated carbocycles. The fourth-order valence-corrected chi connectivity index (χ4v) is 5.28. The summed E-state index contributed by atoms with van der Waals surface area (Å²) in [5.74, 6) is 0.848. The molecule has 0 aliphatic heterocycles. The van der Waals surface area contributed by atoms with Gasteiger partial charge in [0.15, 0.2) is 11.6 Å². The van der Waals surface area contributed by atoms with Crippen molar-refractivity contribution in [2.24, 2.45) is 0 Å². The number of hydrogen-bond donors (Lipinski definition) is 1. The van der Waals surface area contributed by atoms with E-state index < -0.39 is 38.4 Å². The van der Waals surface area contributed by atoms with Crippen LogP contribution < -0.4 is 14.2 Å². The number of methoxy groups -OCH3 is 2. The molecule has 4 rings (SSSR count). The zero-order valence-electron chi connectivity index (χ0n) is 25.4. The molecule has 3 aromatic heterocycles. The summed E-state index contributed by atoms with van der Waals surface area (Å²) in [5, 5.41) is 18.7. The van der Waals surface area contributed by atoms with E-state index in [-0.39, 0.29) is 17.6 Å². The number of nitro groups is 1. The van der Waals surface area contributed by atoms with Crippen molar-refractivity contribution in [2.75, 3.05) is 25.5 Å². The van der Waals surface area contributed by atoms with Crippen LogP contribution in [0.1, 0.15) is 43.8 Å². The minimum absolute atomic E-state index is 0.0482. The Morgan fingerprint density at radius 3 is 2.23 bits per heavy atom. The van der Waals surface area contributed by atoms with Gasteiger partial charge in [0.25, 0.3) is 0 Å². The Bertz CT molecular complexity index is 1720. The van der Waals surface area contributed by atoms with Crippen molar-refractivity contribution in [1.82, 2.24) is 29.7 Å². The molecule has 2 atom stereocenters. The summed E-state index contributed by atoms with van der Waals surface area (Å²) < 4.78 is 49.1. The van der Waals surface area contributed by atoms with Crippen molar-refractivity contribution >= 4 is 16.0 Å². The normalized spacial score (nSPS) is 13.2. The van der Waals surface area contributed by atoms with Gasteiger partial charge in [-0.25, -0.2) is 18.4 Å². The Morgan fingerprint density at radius 2 is 1.66 bits per heavy atom. The van der Waals surface area contributed by atoms with E-state index in [1.165, 1.54) is 52.0 Å². The van der Waals surface area contributed by atoms with E-state index in [9.17, 15) is 18.5 Å². The number of rotatable bonds is 13. The van der Waals surface area contributed by atoms with Crippen molar-refractivity contribution in [1.29, 1.82) is 0 Å². The highest BCUT2D eigenvalue weighted by Gasteiger charge is 2.39. The second-order valence-electron chi connectivity index (χ2n) is 10.7. The molecule has 16 heteroatoms. The maximum Gasteiger partial charge on any atom is 0.243 e. The Labute approximate surface area is 254 Å². The fraction of sp³-hybridized carbons (Fsp3) is 0.393. The number of benzene rings is 1. The summed E-state index contributed by atoms with van der Waals surface area (Å²) in [6.07, 6.45) is 5.00. The Morgan fingerprint density at radius 1 is 1.02 bits per heavy atom. The third-order valence-corrected chi connectivity index (χ3v) is 8.43. The van der Waals surface area contributed by atoms with E-state index in [1.807, 2.05) is 13.0 Å². The number of ether oxygens (including phenoxy) is 3. The van der Waals surface area contributed by atoms with E-state index >= 15 is 0 Å². The minimum Gasteiger partial charge on any atom is -0.494 e. The molecule has 4 aromatic rings. The van der Waals surface area contributed by atoms with E-state index in [4.69, 9.17) is 14.2 Å². The second-order valence-corrected chi connectivity index (χ2v) is 12.8. The number of nitrogens with one attached hydrogen (secondary N) is 1. The van der Waals surface area contributed by atoms with Gasteiger partial charge >= 0.3 is 0 Å². The Kier molecular flexibility index (Phi) is 9.44. The van der Waals surface area contributed by atoms with Crippen LogP contribution in [0.15, 0.2) is 49.1 Å². The Balaban J connectivity index is 1.82. The SMILES string of the molecule is COc1cccc(OC)c1-n1c(NS(=O)(=O)[C@H](C)[C@H](OCC(C)(C)[N+](=O)[O-])c2ncc(C)cn2)nnc1-c1cncc(C)c1. The smallest absolute Gasteiger partial charge is 0.243 e. The number of anilines is 1. The molecular weight excluding hydrogens is 592 g/mol. The Hall–Kier alpha value is -4.70. The molecule has 44 heavy (non-hydrogen) atoms. The van der Waals surface area contributed by atoms with Crippen LogP contribution >= 0.6 is 0 Å². The molecule has 0 unspecified atom stereocenters. The lowest BCUT2D eigenvalue weighted by Gasteiger charge is -2.26. The van der Waals surface area contributed by atoms with Crippen molar-refractivity contribution in [2.45, 2.75) is 51.5 Å². The topological polar surface area (TPSA) is 186 Å². The maximum atomic E-state index is 14.0. The summed E-state index contributed by atoms with van der Waals surface area (Å²) >= 11 is 0. The van der Waals surface area contributed by atoms with Gasteiger partial charge in [0.05, 0.1) is 14.2 Å². The largest absolute Gasteiger partial charge is 0.494 e. The predicted molar refractivity (Wildman–Crippen MR) is 161 cm³/mol. The molecule has 0 fully saturated rings. The summed E-state index contributed by atoms with van der Waals surface area (Å²) in [7, 11) is -1.41. The average molecular weight is 627 g/mol. The highest BCUT2D eigenvalue weighted by Crippen LogP contribution is 2.38. The summed E-state index contributed by atoms with van der Waals surface area (Å²) in [6.45, 7) is 7.38. The number of para-hydroxylation sites is 1.